The van der Waals surface area contributed by atoms with E-state index in [0.29, 0.717) is 21.4 Å². The molecule has 15 heteroatoms. The number of aromatic nitrogens is 4. The maximum Gasteiger partial charge on any atom is 0.283 e. The number of nitroso groups, excluding NO2 is 1. The summed E-state index contributed by atoms with van der Waals surface area (Å²) in [7, 11) is 0. The van der Waals surface area contributed by atoms with Crippen molar-refractivity contribution in [2.45, 2.75) is 0 Å². The summed E-state index contributed by atoms with van der Waals surface area (Å²) in [5, 5.41) is 3.61. The molecule has 0 saturated carbocycles. The highest BCUT2D eigenvalue weighted by atomic mass is 35.5. The van der Waals surface area contributed by atoms with E-state index in [0.717, 1.165) is 0 Å². The molecule has 8 N–H and O–H groups in total. The minimum atomic E-state index is -0.717. The summed E-state index contributed by atoms with van der Waals surface area (Å²) in [6.07, 6.45) is 0. The Morgan fingerprint density at radius 1 is 0.771 bits per heavy atom. The van der Waals surface area contributed by atoms with Crippen LogP contribution in [0, 0.1) is 14.4 Å². The van der Waals surface area contributed by atoms with Gasteiger partial charge in [0.25, 0.3) is 11.1 Å². The average molecular weight is 551 g/mol. The van der Waals surface area contributed by atoms with Gasteiger partial charge in [-0.3, -0.25) is 28.7 Å². The molecule has 0 unspecified atom stereocenters. The number of anilines is 3. The number of nitrogens with zero attached hydrogens (tertiary/aromatic N) is 3. The lowest BCUT2D eigenvalue weighted by Gasteiger charge is -2.11. The Kier molecular flexibility index (Phi) is 7.86. The van der Waals surface area contributed by atoms with Crippen LogP contribution in [-0.2, 0) is 0 Å². The number of nitrogen functional groups attached to an aromatic ring is 3. The van der Waals surface area contributed by atoms with E-state index >= 15 is 0 Å². The third-order valence-corrected chi connectivity index (χ3v) is 5.57. The van der Waals surface area contributed by atoms with Crippen molar-refractivity contribution in [1.29, 1.82) is 0 Å². The Morgan fingerprint density at radius 3 is 1.69 bits per heavy atom. The van der Waals surface area contributed by atoms with E-state index in [1.165, 1.54) is 9.13 Å². The zero-order valence-electron chi connectivity index (χ0n) is 17.5. The minimum Gasteiger partial charge on any atom is -0.391 e. The van der Waals surface area contributed by atoms with Crippen LogP contribution in [0.4, 0.5) is 23.0 Å². The SMILES string of the molecule is Nc1c(N)n(-c2cccc(Cl)c2)c(=S)[nH]c1=O.Nc1c(N=O)c(=O)[nH]c(=S)n1-c1cccc(Cl)c1. The smallest absolute Gasteiger partial charge is 0.283 e. The van der Waals surface area contributed by atoms with Crippen molar-refractivity contribution in [2.75, 3.05) is 17.2 Å². The number of aromatic amines is 2. The van der Waals surface area contributed by atoms with Crippen LogP contribution in [0.15, 0.2) is 63.3 Å². The highest BCUT2D eigenvalue weighted by molar-refractivity contribution is 7.71. The Balaban J connectivity index is 0.000000196. The van der Waals surface area contributed by atoms with E-state index in [-0.39, 0.29) is 26.9 Å². The molecule has 2 aromatic carbocycles. The second-order valence-corrected chi connectivity index (χ2v) is 8.42. The lowest BCUT2D eigenvalue weighted by Crippen LogP contribution is -2.20. The number of hydrogen-bond donors (Lipinski definition) is 5. The second kappa shape index (κ2) is 10.7. The number of halogens is 2. The van der Waals surface area contributed by atoms with Gasteiger partial charge in [0.2, 0.25) is 5.69 Å². The van der Waals surface area contributed by atoms with Crippen LogP contribution in [0.3, 0.4) is 0 Å². The molecular formula is C20H16Cl2N8O3S2. The van der Waals surface area contributed by atoms with E-state index in [1.54, 1.807) is 48.5 Å². The van der Waals surface area contributed by atoms with Crippen LogP contribution in [0.25, 0.3) is 11.4 Å². The number of nitrogens with two attached hydrogens (primary N) is 3. The summed E-state index contributed by atoms with van der Waals surface area (Å²) in [6.45, 7) is 0. The minimum absolute atomic E-state index is 0.0622. The first-order valence-electron chi connectivity index (χ1n) is 9.45. The Hall–Kier alpha value is -3.78. The monoisotopic (exact) mass is 550 g/mol. The van der Waals surface area contributed by atoms with Crippen LogP contribution in [-0.4, -0.2) is 19.1 Å². The lowest BCUT2D eigenvalue weighted by molar-refractivity contribution is 0.949. The van der Waals surface area contributed by atoms with Crippen LogP contribution in [0.5, 0.6) is 0 Å². The van der Waals surface area contributed by atoms with Gasteiger partial charge in [-0.05, 0) is 66.0 Å². The predicted octanol–water partition coefficient (Wildman–Crippen LogP) is 4.24. The maximum absolute atomic E-state index is 11.4. The molecule has 0 fully saturated rings. The van der Waals surface area contributed by atoms with Gasteiger partial charge in [-0.1, -0.05) is 35.3 Å². The van der Waals surface area contributed by atoms with E-state index < -0.39 is 16.8 Å². The average Bonchev–Trinajstić information content (AvgIpc) is 2.78. The summed E-state index contributed by atoms with van der Waals surface area (Å²) in [6, 6.07) is 13.6. The Morgan fingerprint density at radius 2 is 1.23 bits per heavy atom. The van der Waals surface area contributed by atoms with Gasteiger partial charge < -0.3 is 17.2 Å². The number of rotatable bonds is 3. The van der Waals surface area contributed by atoms with Crippen LogP contribution < -0.4 is 28.3 Å². The van der Waals surface area contributed by atoms with Gasteiger partial charge in [0.1, 0.15) is 17.3 Å². The molecule has 0 spiro atoms. The summed E-state index contributed by atoms with van der Waals surface area (Å²) in [5.74, 6) is -0.0259. The molecule has 0 amide bonds. The third-order valence-electron chi connectivity index (χ3n) is 4.53. The van der Waals surface area contributed by atoms with Crippen molar-refractivity contribution in [1.82, 2.24) is 19.1 Å². The molecule has 2 heterocycles. The van der Waals surface area contributed by atoms with Gasteiger partial charge >= 0.3 is 0 Å². The normalized spacial score (nSPS) is 10.3. The van der Waals surface area contributed by atoms with Gasteiger partial charge in [-0.25, -0.2) is 0 Å². The molecule has 0 radical (unpaired) electrons. The number of benzene rings is 2. The summed E-state index contributed by atoms with van der Waals surface area (Å²) >= 11 is 21.8. The molecular weight excluding hydrogens is 535 g/mol. The molecule has 35 heavy (non-hydrogen) atoms. The number of hydrogen-bond acceptors (Lipinski definition) is 9. The van der Waals surface area contributed by atoms with Crippen molar-refractivity contribution in [2.24, 2.45) is 5.18 Å². The quantitative estimate of drug-likeness (QED) is 0.185. The highest BCUT2D eigenvalue weighted by Gasteiger charge is 2.13. The van der Waals surface area contributed by atoms with Crippen LogP contribution >= 0.6 is 47.6 Å². The molecule has 180 valence electrons. The number of H-pyrrole nitrogens is 2. The van der Waals surface area contributed by atoms with Gasteiger partial charge in [0.05, 0.1) is 11.4 Å². The fourth-order valence-electron chi connectivity index (χ4n) is 2.94. The first-order valence-corrected chi connectivity index (χ1v) is 11.0. The summed E-state index contributed by atoms with van der Waals surface area (Å²) in [5.41, 5.74) is 16.5. The molecule has 11 nitrogen and oxygen atoms in total. The predicted molar refractivity (Wildman–Crippen MR) is 143 cm³/mol. The van der Waals surface area contributed by atoms with E-state index in [2.05, 4.69) is 15.1 Å². The van der Waals surface area contributed by atoms with Crippen LogP contribution in [0.1, 0.15) is 0 Å². The van der Waals surface area contributed by atoms with Crippen molar-refractivity contribution in [3.8, 4) is 11.4 Å². The second-order valence-electron chi connectivity index (χ2n) is 6.77. The van der Waals surface area contributed by atoms with Crippen molar-refractivity contribution in [3.63, 3.8) is 0 Å². The zero-order valence-corrected chi connectivity index (χ0v) is 20.6. The van der Waals surface area contributed by atoms with Crippen molar-refractivity contribution >= 4 is 70.6 Å². The first kappa shape index (κ1) is 25.8. The maximum atomic E-state index is 11.4. The summed E-state index contributed by atoms with van der Waals surface area (Å²) < 4.78 is 3.01. The molecule has 4 aromatic rings. The molecule has 0 aliphatic heterocycles. The van der Waals surface area contributed by atoms with Gasteiger partial charge in [0, 0.05) is 10.0 Å². The lowest BCUT2D eigenvalue weighted by atomic mass is 10.3. The number of nitrogens with one attached hydrogen (secondary N) is 2. The van der Waals surface area contributed by atoms with E-state index in [9.17, 15) is 14.5 Å². The van der Waals surface area contributed by atoms with Gasteiger partial charge in [-0.2, -0.15) is 0 Å². The Bertz CT molecular complexity index is 1680. The standard InChI is InChI=1S/C10H7ClN4O2S.C10H9ClN4OS/c11-5-2-1-3-6(4-5)15-8(12)7(14-17)9(16)13-10(15)18;11-5-2-1-3-6(4-5)15-8(13)7(12)9(16)14-10(15)17/h1-4H,12H2,(H,13,16,18);1-4H,12-13H2,(H,14,16,17). The fraction of sp³-hybridized carbons (Fsp3) is 0. The van der Waals surface area contributed by atoms with Gasteiger partial charge in [-0.15, -0.1) is 4.91 Å². The van der Waals surface area contributed by atoms with Gasteiger partial charge in [0.15, 0.2) is 9.54 Å². The van der Waals surface area contributed by atoms with Crippen LogP contribution in [0.2, 0.25) is 10.0 Å². The topological polar surface area (TPSA) is 183 Å². The van der Waals surface area contributed by atoms with E-state index in [4.69, 9.17) is 64.8 Å². The molecule has 0 bridgehead atoms. The molecule has 4 rings (SSSR count). The molecule has 0 aliphatic rings. The highest BCUT2D eigenvalue weighted by Crippen LogP contribution is 2.23. The summed E-state index contributed by atoms with van der Waals surface area (Å²) in [4.78, 5) is 38.1. The molecule has 0 atom stereocenters. The van der Waals surface area contributed by atoms with E-state index in [1.807, 2.05) is 0 Å². The zero-order chi connectivity index (χ0) is 25.9. The fourth-order valence-corrected chi connectivity index (χ4v) is 3.90. The van der Waals surface area contributed by atoms with Crippen molar-refractivity contribution in [3.05, 3.63) is 93.7 Å². The Labute approximate surface area is 216 Å². The largest absolute Gasteiger partial charge is 0.391 e. The van der Waals surface area contributed by atoms with Crippen molar-refractivity contribution < 1.29 is 0 Å². The first-order chi connectivity index (χ1) is 16.5. The third kappa shape index (κ3) is 5.49. The molecule has 0 saturated heterocycles. The molecule has 0 aliphatic carbocycles. The molecule has 2 aromatic heterocycles.